The molecule has 0 amide bonds. The van der Waals surface area contributed by atoms with Gasteiger partial charge in [-0.15, -0.1) is 0 Å². The molecule has 0 aliphatic rings. The molecule has 0 saturated carbocycles. The molecular formula is C18H17K2O9PS2. The van der Waals surface area contributed by atoms with Crippen molar-refractivity contribution in [1.82, 2.24) is 0 Å². The first-order valence-corrected chi connectivity index (χ1v) is 12.6. The number of benzene rings is 3. The van der Waals surface area contributed by atoms with Gasteiger partial charge >= 0.3 is 110 Å². The molecule has 0 atom stereocenters. The van der Waals surface area contributed by atoms with Gasteiger partial charge in [0.15, 0.2) is 0 Å². The van der Waals surface area contributed by atoms with Crippen LogP contribution < -0.4 is 117 Å². The van der Waals surface area contributed by atoms with E-state index >= 15 is 0 Å². The minimum absolute atomic E-state index is 0. The Labute approximate surface area is 273 Å². The second-order valence-electron chi connectivity index (χ2n) is 5.91. The van der Waals surface area contributed by atoms with Crippen LogP contribution in [0.25, 0.3) is 0 Å². The zero-order chi connectivity index (χ0) is 22.0. The van der Waals surface area contributed by atoms with Crippen LogP contribution in [0.15, 0.2) is 88.7 Å². The maximum atomic E-state index is 13.5. The summed E-state index contributed by atoms with van der Waals surface area (Å²) in [6, 6.07) is 17.0. The summed E-state index contributed by atoms with van der Waals surface area (Å²) in [6.45, 7) is 0. The molecule has 0 fully saturated rings. The SMILES string of the molecule is O=P(Oc1ccc(S(=O)(=O)O)cc1)(Oc1ccc(S(=O)(=O)O)cc1)c1ccccc1.[H-].[H-].[K+].[K+]. The van der Waals surface area contributed by atoms with Gasteiger partial charge in [0.05, 0.1) is 15.1 Å². The summed E-state index contributed by atoms with van der Waals surface area (Å²) in [4.78, 5) is -0.739. The fourth-order valence-electron chi connectivity index (χ4n) is 2.36. The van der Waals surface area contributed by atoms with Crippen LogP contribution in [0.5, 0.6) is 11.5 Å². The summed E-state index contributed by atoms with van der Waals surface area (Å²) in [5.74, 6) is 0.00767. The summed E-state index contributed by atoms with van der Waals surface area (Å²) >= 11 is 0. The molecule has 14 heteroatoms. The third-order valence-electron chi connectivity index (χ3n) is 3.77. The third-order valence-corrected chi connectivity index (χ3v) is 7.34. The zero-order valence-corrected chi connectivity index (χ0v) is 25.8. The minimum Gasteiger partial charge on any atom is -1.00 e. The minimum atomic E-state index is -4.41. The molecule has 162 valence electrons. The molecular weight excluding hydrogens is 533 g/mol. The summed E-state index contributed by atoms with van der Waals surface area (Å²) in [7, 11) is -12.9. The molecule has 32 heavy (non-hydrogen) atoms. The fraction of sp³-hybridized carbons (Fsp3) is 0. The van der Waals surface area contributed by atoms with Gasteiger partial charge in [0.25, 0.3) is 20.2 Å². The topological polar surface area (TPSA) is 144 Å². The van der Waals surface area contributed by atoms with Gasteiger partial charge in [-0.1, -0.05) is 18.2 Å². The average molecular weight is 551 g/mol. The molecule has 0 aromatic heterocycles. The third kappa shape index (κ3) is 8.36. The molecule has 3 aromatic carbocycles. The van der Waals surface area contributed by atoms with E-state index in [1.54, 1.807) is 18.2 Å². The van der Waals surface area contributed by atoms with Crippen LogP contribution in [0.1, 0.15) is 2.85 Å². The Morgan fingerprint density at radius 1 is 0.625 bits per heavy atom. The largest absolute Gasteiger partial charge is 1.00 e. The molecule has 0 unspecified atom stereocenters. The van der Waals surface area contributed by atoms with E-state index in [0.717, 1.165) is 24.3 Å². The molecule has 2 N–H and O–H groups in total. The molecule has 0 radical (unpaired) electrons. The Bertz CT molecular complexity index is 1230. The van der Waals surface area contributed by atoms with Crippen LogP contribution >= 0.6 is 7.60 Å². The maximum Gasteiger partial charge on any atom is 1.00 e. The van der Waals surface area contributed by atoms with E-state index in [1.807, 2.05) is 0 Å². The molecule has 0 spiro atoms. The summed E-state index contributed by atoms with van der Waals surface area (Å²) in [5, 5.41) is 0.183. The molecule has 0 bridgehead atoms. The molecule has 3 aromatic rings. The van der Waals surface area contributed by atoms with E-state index in [-0.39, 0.29) is 132 Å². The van der Waals surface area contributed by atoms with Crippen molar-refractivity contribution in [1.29, 1.82) is 0 Å². The summed E-state index contributed by atoms with van der Waals surface area (Å²) < 4.78 is 87.4. The first kappa shape index (κ1) is 30.6. The van der Waals surface area contributed by atoms with E-state index in [9.17, 15) is 21.4 Å². The van der Waals surface area contributed by atoms with Crippen molar-refractivity contribution in [3.63, 3.8) is 0 Å². The van der Waals surface area contributed by atoms with E-state index in [4.69, 9.17) is 18.2 Å². The van der Waals surface area contributed by atoms with Crippen molar-refractivity contribution in [3.8, 4) is 11.5 Å². The number of hydrogen-bond acceptors (Lipinski definition) is 7. The van der Waals surface area contributed by atoms with Crippen molar-refractivity contribution in [2.45, 2.75) is 9.79 Å². The van der Waals surface area contributed by atoms with Gasteiger partial charge < -0.3 is 11.9 Å². The predicted octanol–water partition coefficient (Wildman–Crippen LogP) is -2.61. The van der Waals surface area contributed by atoms with Gasteiger partial charge in [-0.05, 0) is 60.7 Å². The Balaban J connectivity index is 0. The van der Waals surface area contributed by atoms with E-state index in [2.05, 4.69) is 0 Å². The molecule has 0 heterocycles. The first-order valence-electron chi connectivity index (χ1n) is 8.17. The molecule has 3 rings (SSSR count). The molecule has 0 aliphatic carbocycles. The average Bonchev–Trinajstić information content (AvgIpc) is 2.68. The second-order valence-corrected chi connectivity index (χ2v) is 10.6. The van der Waals surface area contributed by atoms with Crippen LogP contribution in [0.3, 0.4) is 0 Å². The Morgan fingerprint density at radius 3 is 1.28 bits per heavy atom. The van der Waals surface area contributed by atoms with Crippen LogP contribution in [0.4, 0.5) is 0 Å². The van der Waals surface area contributed by atoms with E-state index in [0.29, 0.717) is 0 Å². The quantitative estimate of drug-likeness (QED) is 0.184. The van der Waals surface area contributed by atoms with Gasteiger partial charge in [-0.25, -0.2) is 4.57 Å². The second kappa shape index (κ2) is 12.5. The molecule has 9 nitrogen and oxygen atoms in total. The summed E-state index contributed by atoms with van der Waals surface area (Å²) in [6.07, 6.45) is 0. The van der Waals surface area contributed by atoms with Crippen LogP contribution in [0, 0.1) is 0 Å². The normalized spacial score (nSPS) is 11.6. The maximum absolute atomic E-state index is 13.5. The van der Waals surface area contributed by atoms with Crippen molar-refractivity contribution >= 4 is 33.1 Å². The number of rotatable bonds is 7. The standard InChI is InChI=1S/C18H15O9PS2.2K.2H/c19-28(16-4-2-1-3-5-16,26-14-6-10-17(11-7-14)29(20,21)22)27-15-8-12-18(13-9-15)30(23,24)25;;;;/h1-13H,(H,20,21,22)(H,23,24,25);;;;/q;2*+1;2*-1. The molecule has 0 saturated heterocycles. The van der Waals surface area contributed by atoms with Gasteiger partial charge in [0, 0.05) is 0 Å². The first-order chi connectivity index (χ1) is 14.0. The van der Waals surface area contributed by atoms with Gasteiger partial charge in [-0.3, -0.25) is 9.11 Å². The Morgan fingerprint density at radius 2 is 0.969 bits per heavy atom. The smallest absolute Gasteiger partial charge is 1.00 e. The zero-order valence-electron chi connectivity index (χ0n) is 19.0. The monoisotopic (exact) mass is 550 g/mol. The van der Waals surface area contributed by atoms with Gasteiger partial charge in [-0.2, -0.15) is 16.8 Å². The predicted molar refractivity (Wildman–Crippen MR) is 110 cm³/mol. The van der Waals surface area contributed by atoms with Crippen LogP contribution in [-0.2, 0) is 24.8 Å². The van der Waals surface area contributed by atoms with E-state index < -0.39 is 27.8 Å². The van der Waals surface area contributed by atoms with Gasteiger partial charge in [0.1, 0.15) is 11.5 Å². The summed E-state index contributed by atoms with van der Waals surface area (Å²) in [5.41, 5.74) is 0. The van der Waals surface area contributed by atoms with E-state index in [1.165, 1.54) is 36.4 Å². The number of hydrogen-bond donors (Lipinski definition) is 2. The van der Waals surface area contributed by atoms with Gasteiger partial charge in [0.2, 0.25) is 0 Å². The van der Waals surface area contributed by atoms with Crippen molar-refractivity contribution in [2.75, 3.05) is 0 Å². The Hall–Kier alpha value is 0.583. The Kier molecular flexibility index (Phi) is 12.0. The van der Waals surface area contributed by atoms with Crippen LogP contribution in [-0.4, -0.2) is 25.9 Å². The van der Waals surface area contributed by atoms with Crippen molar-refractivity contribution < 1.29 is 145 Å². The fourth-order valence-corrected chi connectivity index (χ4v) is 4.90. The molecule has 0 aliphatic heterocycles. The van der Waals surface area contributed by atoms with Crippen molar-refractivity contribution in [2.24, 2.45) is 0 Å². The van der Waals surface area contributed by atoms with Crippen LogP contribution in [0.2, 0.25) is 0 Å². The van der Waals surface area contributed by atoms with Crippen molar-refractivity contribution in [3.05, 3.63) is 78.9 Å².